The Morgan fingerprint density at radius 1 is 1.18 bits per heavy atom. The molecule has 1 fully saturated rings. The number of carboxylic acid groups (broad SMARTS) is 1. The number of hydrogen-bond donors (Lipinski definition) is 4. The number of thiazole rings is 1. The van der Waals surface area contributed by atoms with Crippen LogP contribution in [0, 0.1) is 12.8 Å². The van der Waals surface area contributed by atoms with E-state index in [0.717, 1.165) is 24.9 Å². The average Bonchev–Trinajstić information content (AvgIpc) is 3.33. The SMILES string of the molecule is CC.CCOC(=O)c1sc(Nc2nc(NCc3ccc(C(=O)O)cc3)cc(N3CCCC(CO)C3)n2)nc1C. The summed E-state index contributed by atoms with van der Waals surface area (Å²) in [5.41, 5.74) is 1.68. The van der Waals surface area contributed by atoms with Crippen LogP contribution < -0.4 is 15.5 Å². The first-order valence-electron chi connectivity index (χ1n) is 13.1. The van der Waals surface area contributed by atoms with E-state index in [2.05, 4.69) is 25.5 Å². The zero-order valence-electron chi connectivity index (χ0n) is 22.7. The van der Waals surface area contributed by atoms with Crippen molar-refractivity contribution >= 4 is 46.0 Å². The first kappa shape index (κ1) is 29.8. The number of carbonyl (C=O) groups is 2. The molecular formula is C27H36N6O5S. The molecule has 0 saturated carbocycles. The highest BCUT2D eigenvalue weighted by Gasteiger charge is 2.22. The number of aromatic nitrogens is 3. The quantitative estimate of drug-likeness (QED) is 0.257. The number of ether oxygens (including phenoxy) is 1. The largest absolute Gasteiger partial charge is 0.478 e. The molecule has 210 valence electrons. The summed E-state index contributed by atoms with van der Waals surface area (Å²) in [4.78, 5) is 39.6. The minimum Gasteiger partial charge on any atom is -0.478 e. The van der Waals surface area contributed by atoms with Gasteiger partial charge < -0.3 is 25.2 Å². The van der Waals surface area contributed by atoms with Crippen molar-refractivity contribution in [2.75, 3.05) is 41.8 Å². The van der Waals surface area contributed by atoms with Crippen LogP contribution in [0.25, 0.3) is 0 Å². The van der Waals surface area contributed by atoms with E-state index in [-0.39, 0.29) is 24.7 Å². The molecule has 1 saturated heterocycles. The number of esters is 1. The Hall–Kier alpha value is -3.77. The van der Waals surface area contributed by atoms with E-state index in [4.69, 9.17) is 14.8 Å². The fourth-order valence-corrected chi connectivity index (χ4v) is 4.91. The molecule has 0 bridgehead atoms. The van der Waals surface area contributed by atoms with Crippen LogP contribution in [0.4, 0.5) is 22.7 Å². The number of anilines is 4. The van der Waals surface area contributed by atoms with Crippen molar-refractivity contribution < 1.29 is 24.5 Å². The normalized spacial score (nSPS) is 14.7. The van der Waals surface area contributed by atoms with E-state index in [1.54, 1.807) is 38.1 Å². The van der Waals surface area contributed by atoms with E-state index in [0.29, 0.717) is 46.4 Å². The highest BCUT2D eigenvalue weighted by molar-refractivity contribution is 7.17. The number of nitrogens with zero attached hydrogens (tertiary/aromatic N) is 4. The fourth-order valence-electron chi connectivity index (χ4n) is 4.05. The lowest BCUT2D eigenvalue weighted by atomic mass is 9.99. The van der Waals surface area contributed by atoms with Gasteiger partial charge in [-0.25, -0.2) is 14.6 Å². The summed E-state index contributed by atoms with van der Waals surface area (Å²) >= 11 is 1.18. The number of rotatable bonds is 10. The minimum atomic E-state index is -0.970. The molecule has 0 spiro atoms. The lowest BCUT2D eigenvalue weighted by Crippen LogP contribution is -2.37. The topological polar surface area (TPSA) is 150 Å². The van der Waals surface area contributed by atoms with E-state index in [1.807, 2.05) is 19.9 Å². The highest BCUT2D eigenvalue weighted by atomic mass is 32.1. The molecule has 2 aromatic heterocycles. The zero-order valence-corrected chi connectivity index (χ0v) is 23.5. The molecule has 1 aromatic carbocycles. The lowest BCUT2D eigenvalue weighted by Gasteiger charge is -2.33. The molecule has 1 aliphatic rings. The van der Waals surface area contributed by atoms with Gasteiger partial charge in [0, 0.05) is 32.3 Å². The minimum absolute atomic E-state index is 0.124. The molecule has 0 amide bonds. The van der Waals surface area contributed by atoms with Gasteiger partial charge in [0.25, 0.3) is 0 Å². The Labute approximate surface area is 232 Å². The average molecular weight is 557 g/mol. The summed E-state index contributed by atoms with van der Waals surface area (Å²) in [6.45, 7) is 9.83. The molecule has 3 aromatic rings. The molecule has 11 nitrogen and oxygen atoms in total. The van der Waals surface area contributed by atoms with Crippen molar-refractivity contribution in [3.8, 4) is 0 Å². The summed E-state index contributed by atoms with van der Waals surface area (Å²) < 4.78 is 5.11. The first-order chi connectivity index (χ1) is 18.9. The maximum atomic E-state index is 12.2. The summed E-state index contributed by atoms with van der Waals surface area (Å²) in [6, 6.07) is 8.49. The van der Waals surface area contributed by atoms with Crippen LogP contribution in [-0.4, -0.2) is 63.4 Å². The molecule has 4 rings (SSSR count). The lowest BCUT2D eigenvalue weighted by molar-refractivity contribution is 0.0530. The van der Waals surface area contributed by atoms with Crippen LogP contribution in [0.15, 0.2) is 30.3 Å². The van der Waals surface area contributed by atoms with Gasteiger partial charge in [0.1, 0.15) is 16.5 Å². The standard InChI is InChI=1S/C25H30N6O5S.C2H6/c1-3-36-23(35)21-15(2)27-25(37-21)30-24-28-19(26-12-16-6-8-18(9-7-16)22(33)34)11-20(29-24)31-10-4-5-17(13-31)14-32;1-2/h6-9,11,17,32H,3-5,10,12-14H2,1-2H3,(H,33,34)(H2,26,27,28,29,30);1-2H3. The van der Waals surface area contributed by atoms with Crippen molar-refractivity contribution in [3.63, 3.8) is 0 Å². The molecular weight excluding hydrogens is 520 g/mol. The van der Waals surface area contributed by atoms with Crippen LogP contribution in [0.2, 0.25) is 0 Å². The van der Waals surface area contributed by atoms with Crippen molar-refractivity contribution in [2.24, 2.45) is 5.92 Å². The third-order valence-electron chi connectivity index (χ3n) is 5.96. The second kappa shape index (κ2) is 14.4. The van der Waals surface area contributed by atoms with Gasteiger partial charge in [0.15, 0.2) is 5.13 Å². The van der Waals surface area contributed by atoms with E-state index >= 15 is 0 Å². The number of hydrogen-bond acceptors (Lipinski definition) is 11. The third kappa shape index (κ3) is 8.11. The molecule has 1 aliphatic heterocycles. The molecule has 1 atom stereocenters. The predicted octanol–water partition coefficient (Wildman–Crippen LogP) is 4.71. The van der Waals surface area contributed by atoms with E-state index < -0.39 is 11.9 Å². The van der Waals surface area contributed by atoms with Gasteiger partial charge >= 0.3 is 11.9 Å². The van der Waals surface area contributed by atoms with Crippen LogP contribution in [0.5, 0.6) is 0 Å². The number of aliphatic hydroxyl groups excluding tert-OH is 1. The number of aliphatic hydroxyl groups is 1. The zero-order chi connectivity index (χ0) is 28.4. The second-order valence-electron chi connectivity index (χ2n) is 8.71. The van der Waals surface area contributed by atoms with Crippen molar-refractivity contribution in [1.29, 1.82) is 0 Å². The summed E-state index contributed by atoms with van der Waals surface area (Å²) in [5, 5.41) is 25.7. The Kier molecular flexibility index (Phi) is 11.0. The van der Waals surface area contributed by atoms with Crippen molar-refractivity contribution in [3.05, 3.63) is 52.0 Å². The molecule has 1 unspecified atom stereocenters. The number of nitrogens with one attached hydrogen (secondary N) is 2. The van der Waals surface area contributed by atoms with Crippen LogP contribution in [0.3, 0.4) is 0 Å². The number of carboxylic acids is 1. The number of aryl methyl sites for hydroxylation is 1. The molecule has 0 radical (unpaired) electrons. The van der Waals surface area contributed by atoms with Crippen LogP contribution in [-0.2, 0) is 11.3 Å². The Morgan fingerprint density at radius 3 is 2.59 bits per heavy atom. The number of aromatic carboxylic acids is 1. The number of benzene rings is 1. The number of piperidine rings is 1. The van der Waals surface area contributed by atoms with Crippen molar-refractivity contribution in [1.82, 2.24) is 15.0 Å². The first-order valence-corrected chi connectivity index (χ1v) is 13.9. The van der Waals surface area contributed by atoms with Crippen molar-refractivity contribution in [2.45, 2.75) is 47.1 Å². The van der Waals surface area contributed by atoms with E-state index in [9.17, 15) is 14.7 Å². The smallest absolute Gasteiger partial charge is 0.350 e. The van der Waals surface area contributed by atoms with Gasteiger partial charge in [-0.1, -0.05) is 37.3 Å². The monoisotopic (exact) mass is 556 g/mol. The Bertz CT molecular complexity index is 1250. The second-order valence-corrected chi connectivity index (χ2v) is 9.71. The van der Waals surface area contributed by atoms with Gasteiger partial charge in [0.05, 0.1) is 17.9 Å². The molecule has 12 heteroatoms. The third-order valence-corrected chi connectivity index (χ3v) is 7.02. The fraction of sp³-hybridized carbons (Fsp3) is 0.444. The van der Waals surface area contributed by atoms with Gasteiger partial charge in [-0.3, -0.25) is 5.32 Å². The van der Waals surface area contributed by atoms with Gasteiger partial charge in [-0.05, 0) is 50.3 Å². The van der Waals surface area contributed by atoms with Crippen LogP contribution in [0.1, 0.15) is 64.9 Å². The predicted molar refractivity (Wildman–Crippen MR) is 152 cm³/mol. The Morgan fingerprint density at radius 2 is 1.92 bits per heavy atom. The van der Waals surface area contributed by atoms with Gasteiger partial charge in [-0.15, -0.1) is 0 Å². The van der Waals surface area contributed by atoms with Gasteiger partial charge in [0.2, 0.25) is 5.95 Å². The highest BCUT2D eigenvalue weighted by Crippen LogP contribution is 2.29. The maximum Gasteiger partial charge on any atom is 0.350 e. The maximum absolute atomic E-state index is 12.2. The molecule has 4 N–H and O–H groups in total. The molecule has 0 aliphatic carbocycles. The molecule has 39 heavy (non-hydrogen) atoms. The van der Waals surface area contributed by atoms with Gasteiger partial charge in [-0.2, -0.15) is 9.97 Å². The Balaban J connectivity index is 0.00000205. The van der Waals surface area contributed by atoms with Crippen LogP contribution >= 0.6 is 11.3 Å². The summed E-state index contributed by atoms with van der Waals surface area (Å²) in [6.07, 6.45) is 1.92. The molecule has 3 heterocycles. The summed E-state index contributed by atoms with van der Waals surface area (Å²) in [5.74, 6) is 0.384. The summed E-state index contributed by atoms with van der Waals surface area (Å²) in [7, 11) is 0. The number of carbonyl (C=O) groups excluding carboxylic acids is 1. The van der Waals surface area contributed by atoms with E-state index in [1.165, 1.54) is 11.3 Å².